The van der Waals surface area contributed by atoms with Crippen molar-refractivity contribution in [2.24, 2.45) is 5.92 Å². The van der Waals surface area contributed by atoms with Gasteiger partial charge in [-0.3, -0.25) is 9.78 Å². The summed E-state index contributed by atoms with van der Waals surface area (Å²) < 4.78 is 5.36. The minimum Gasteiger partial charge on any atom is -0.381 e. The number of carbonyl (C=O) groups excluding carboxylic acids is 1. The second-order valence-corrected chi connectivity index (χ2v) is 5.53. The molecule has 5 nitrogen and oxygen atoms in total. The average Bonchev–Trinajstić information content (AvgIpc) is 3.01. The van der Waals surface area contributed by atoms with E-state index in [0.717, 1.165) is 44.8 Å². The van der Waals surface area contributed by atoms with Gasteiger partial charge < -0.3 is 15.0 Å². The number of amides is 1. The molecular weight excluding hydrogens is 290 g/mol. The Morgan fingerprint density at radius 3 is 3.14 bits per heavy atom. The van der Waals surface area contributed by atoms with Gasteiger partial charge in [0.25, 0.3) is 0 Å². The third-order valence-electron chi connectivity index (χ3n) is 4.12. The molecule has 2 aliphatic rings. The lowest BCUT2D eigenvalue weighted by molar-refractivity contribution is -0.135. The van der Waals surface area contributed by atoms with Gasteiger partial charge in [0, 0.05) is 51.7 Å². The lowest BCUT2D eigenvalue weighted by Crippen LogP contribution is -2.49. The molecule has 0 bridgehead atoms. The maximum absolute atomic E-state index is 12.6. The molecule has 2 atom stereocenters. The molecular formula is C15H22ClN3O2. The lowest BCUT2D eigenvalue weighted by atomic mass is 10.0. The zero-order chi connectivity index (χ0) is 13.8. The second-order valence-electron chi connectivity index (χ2n) is 5.53. The normalized spacial score (nSPS) is 25.4. The number of hydrogen-bond donors (Lipinski definition) is 1. The van der Waals surface area contributed by atoms with E-state index >= 15 is 0 Å². The van der Waals surface area contributed by atoms with Gasteiger partial charge in [-0.2, -0.15) is 0 Å². The Labute approximate surface area is 131 Å². The molecule has 0 radical (unpaired) electrons. The van der Waals surface area contributed by atoms with Gasteiger partial charge in [0.05, 0.1) is 6.04 Å². The Morgan fingerprint density at radius 1 is 1.52 bits per heavy atom. The number of halogens is 1. The number of carbonyl (C=O) groups is 1. The molecule has 2 unspecified atom stereocenters. The molecule has 1 aromatic heterocycles. The molecule has 2 fully saturated rings. The third-order valence-corrected chi connectivity index (χ3v) is 4.12. The number of ether oxygens (including phenoxy) is 1. The third kappa shape index (κ3) is 3.93. The summed E-state index contributed by atoms with van der Waals surface area (Å²) in [5.41, 5.74) is 1.11. The van der Waals surface area contributed by atoms with Crippen LogP contribution in [0.3, 0.4) is 0 Å². The van der Waals surface area contributed by atoms with Crippen molar-refractivity contribution in [3.63, 3.8) is 0 Å². The van der Waals surface area contributed by atoms with Gasteiger partial charge in [0.15, 0.2) is 0 Å². The fraction of sp³-hybridized carbons (Fsp3) is 0.600. The zero-order valence-corrected chi connectivity index (χ0v) is 12.8. The molecule has 116 valence electrons. The summed E-state index contributed by atoms with van der Waals surface area (Å²) in [5.74, 6) is 0.641. The van der Waals surface area contributed by atoms with Gasteiger partial charge >= 0.3 is 0 Å². The predicted molar refractivity (Wildman–Crippen MR) is 82.4 cm³/mol. The van der Waals surface area contributed by atoms with Gasteiger partial charge in [-0.25, -0.2) is 0 Å². The molecule has 1 aromatic rings. The van der Waals surface area contributed by atoms with Gasteiger partial charge in [0.1, 0.15) is 0 Å². The van der Waals surface area contributed by atoms with Crippen molar-refractivity contribution in [3.8, 4) is 0 Å². The largest absolute Gasteiger partial charge is 0.381 e. The molecule has 1 N–H and O–H groups in total. The topological polar surface area (TPSA) is 54.5 Å². The summed E-state index contributed by atoms with van der Waals surface area (Å²) in [7, 11) is 0. The van der Waals surface area contributed by atoms with E-state index in [0.29, 0.717) is 12.3 Å². The maximum Gasteiger partial charge on any atom is 0.223 e. The first-order valence-electron chi connectivity index (χ1n) is 7.32. The van der Waals surface area contributed by atoms with Crippen molar-refractivity contribution in [2.75, 3.05) is 32.8 Å². The lowest BCUT2D eigenvalue weighted by Gasteiger charge is -2.37. The second kappa shape index (κ2) is 7.73. The van der Waals surface area contributed by atoms with Crippen LogP contribution in [0, 0.1) is 5.92 Å². The Hall–Kier alpha value is -1.17. The molecule has 2 saturated heterocycles. The van der Waals surface area contributed by atoms with Crippen molar-refractivity contribution < 1.29 is 9.53 Å². The molecule has 0 aliphatic carbocycles. The SMILES string of the molecule is Cl.O=C(CC1CCOC1)N1CCNCC1c1cccnc1. The smallest absolute Gasteiger partial charge is 0.223 e. The number of hydrogen-bond acceptors (Lipinski definition) is 4. The molecule has 0 spiro atoms. The number of nitrogens with zero attached hydrogens (tertiary/aromatic N) is 2. The zero-order valence-electron chi connectivity index (χ0n) is 12.0. The number of piperazine rings is 1. The maximum atomic E-state index is 12.6. The van der Waals surface area contributed by atoms with Gasteiger partial charge in [-0.1, -0.05) is 6.07 Å². The van der Waals surface area contributed by atoms with E-state index in [4.69, 9.17) is 4.74 Å². The van der Waals surface area contributed by atoms with Crippen LogP contribution in [0.15, 0.2) is 24.5 Å². The van der Waals surface area contributed by atoms with Crippen LogP contribution >= 0.6 is 12.4 Å². The Morgan fingerprint density at radius 2 is 2.43 bits per heavy atom. The van der Waals surface area contributed by atoms with Crippen LogP contribution < -0.4 is 5.32 Å². The van der Waals surface area contributed by atoms with Gasteiger partial charge in [0.2, 0.25) is 5.91 Å². The van der Waals surface area contributed by atoms with E-state index in [-0.39, 0.29) is 24.4 Å². The fourth-order valence-electron chi connectivity index (χ4n) is 2.98. The predicted octanol–water partition coefficient (Wildman–Crippen LogP) is 1.40. The number of aromatic nitrogens is 1. The summed E-state index contributed by atoms with van der Waals surface area (Å²) >= 11 is 0. The van der Waals surface area contributed by atoms with E-state index in [1.54, 1.807) is 6.20 Å². The number of pyridine rings is 1. The molecule has 3 rings (SSSR count). The van der Waals surface area contributed by atoms with E-state index in [1.807, 2.05) is 23.2 Å². The van der Waals surface area contributed by atoms with Crippen LogP contribution in [0.1, 0.15) is 24.4 Å². The summed E-state index contributed by atoms with van der Waals surface area (Å²) in [6.45, 7) is 3.97. The monoisotopic (exact) mass is 311 g/mol. The highest BCUT2D eigenvalue weighted by atomic mass is 35.5. The van der Waals surface area contributed by atoms with Gasteiger partial charge in [-0.05, 0) is 24.0 Å². The summed E-state index contributed by atoms with van der Waals surface area (Å²) in [4.78, 5) is 18.7. The van der Waals surface area contributed by atoms with E-state index in [2.05, 4.69) is 10.3 Å². The van der Waals surface area contributed by atoms with E-state index in [9.17, 15) is 4.79 Å². The molecule has 0 aromatic carbocycles. The minimum absolute atomic E-state index is 0. The van der Waals surface area contributed by atoms with Crippen molar-refractivity contribution >= 4 is 18.3 Å². The molecule has 1 amide bonds. The first-order chi connectivity index (χ1) is 9.84. The standard InChI is InChI=1S/C15H21N3O2.ClH/c19-15(8-12-3-7-20-11-12)18-6-5-17-10-14(18)13-2-1-4-16-9-13;/h1-2,4,9,12,14,17H,3,5-8,10-11H2;1H. The first-order valence-corrected chi connectivity index (χ1v) is 7.32. The molecule has 2 aliphatic heterocycles. The van der Waals surface area contributed by atoms with Crippen LogP contribution in [-0.4, -0.2) is 48.6 Å². The van der Waals surface area contributed by atoms with Crippen molar-refractivity contribution in [2.45, 2.75) is 18.9 Å². The first kappa shape index (κ1) is 16.2. The van der Waals surface area contributed by atoms with Crippen molar-refractivity contribution in [1.82, 2.24) is 15.2 Å². The van der Waals surface area contributed by atoms with Gasteiger partial charge in [-0.15, -0.1) is 12.4 Å². The highest BCUT2D eigenvalue weighted by molar-refractivity contribution is 5.85. The summed E-state index contributed by atoms with van der Waals surface area (Å²) in [6, 6.07) is 4.08. The van der Waals surface area contributed by atoms with Crippen LogP contribution in [0.5, 0.6) is 0 Å². The number of nitrogens with one attached hydrogen (secondary N) is 1. The van der Waals surface area contributed by atoms with Crippen LogP contribution in [0.25, 0.3) is 0 Å². The molecule has 3 heterocycles. The van der Waals surface area contributed by atoms with Crippen molar-refractivity contribution in [1.29, 1.82) is 0 Å². The van der Waals surface area contributed by atoms with E-state index < -0.39 is 0 Å². The van der Waals surface area contributed by atoms with Crippen molar-refractivity contribution in [3.05, 3.63) is 30.1 Å². The molecule has 6 heteroatoms. The van der Waals surface area contributed by atoms with E-state index in [1.165, 1.54) is 0 Å². The Bertz CT molecular complexity index is 451. The molecule has 0 saturated carbocycles. The highest BCUT2D eigenvalue weighted by Crippen LogP contribution is 2.25. The quantitative estimate of drug-likeness (QED) is 0.917. The van der Waals surface area contributed by atoms with Crippen LogP contribution in [-0.2, 0) is 9.53 Å². The number of rotatable bonds is 3. The Kier molecular flexibility index (Phi) is 5.96. The minimum atomic E-state index is 0. The molecule has 21 heavy (non-hydrogen) atoms. The van der Waals surface area contributed by atoms with Crippen LogP contribution in [0.4, 0.5) is 0 Å². The fourth-order valence-corrected chi connectivity index (χ4v) is 2.98. The average molecular weight is 312 g/mol. The highest BCUT2D eigenvalue weighted by Gasteiger charge is 2.30. The summed E-state index contributed by atoms with van der Waals surface area (Å²) in [6.07, 6.45) is 5.24. The Balaban J connectivity index is 0.00000161. The summed E-state index contributed by atoms with van der Waals surface area (Å²) in [5, 5.41) is 3.37. The van der Waals surface area contributed by atoms with Crippen LogP contribution in [0.2, 0.25) is 0 Å².